The molecule has 2 amide bonds. The van der Waals surface area contributed by atoms with Gasteiger partial charge < -0.3 is 20.5 Å². The Kier molecular flexibility index (Phi) is 7.32. The second-order valence-corrected chi connectivity index (χ2v) is 6.65. The Balaban J connectivity index is 2.11. The second-order valence-electron chi connectivity index (χ2n) is 6.24. The van der Waals surface area contributed by atoms with Crippen molar-refractivity contribution in [1.82, 2.24) is 0 Å². The van der Waals surface area contributed by atoms with E-state index in [4.69, 9.17) is 21.4 Å². The predicted molar refractivity (Wildman–Crippen MR) is 112 cm³/mol. The first kappa shape index (κ1) is 22.6. The summed E-state index contributed by atoms with van der Waals surface area (Å²) >= 11 is 6.04. The highest BCUT2D eigenvalue weighted by molar-refractivity contribution is 6.34. The van der Waals surface area contributed by atoms with E-state index in [2.05, 4.69) is 10.6 Å². The minimum absolute atomic E-state index is 0.00404. The van der Waals surface area contributed by atoms with Crippen molar-refractivity contribution in [2.24, 2.45) is 0 Å². The van der Waals surface area contributed by atoms with Crippen LogP contribution < -0.4 is 15.4 Å². The van der Waals surface area contributed by atoms with Gasteiger partial charge in [-0.1, -0.05) is 11.6 Å². The SMILES string of the molecule is COc1cc(NC(=O)/C(C)=C/C(=O)Nc2ccc(C(C)=O)cc2)c(Cl)cc1C(=O)O. The molecule has 0 unspecified atom stereocenters. The van der Waals surface area contributed by atoms with E-state index >= 15 is 0 Å². The van der Waals surface area contributed by atoms with Crippen LogP contribution in [-0.4, -0.2) is 35.8 Å². The van der Waals surface area contributed by atoms with Crippen LogP contribution in [0.5, 0.6) is 5.75 Å². The fourth-order valence-corrected chi connectivity index (χ4v) is 2.65. The average Bonchev–Trinajstić information content (AvgIpc) is 2.69. The molecule has 0 aliphatic rings. The summed E-state index contributed by atoms with van der Waals surface area (Å²) in [5.41, 5.74) is 1.05. The molecule has 9 heteroatoms. The summed E-state index contributed by atoms with van der Waals surface area (Å²) in [5.74, 6) is -2.44. The number of anilines is 2. The molecule has 0 saturated carbocycles. The van der Waals surface area contributed by atoms with Gasteiger partial charge in [0.25, 0.3) is 5.91 Å². The smallest absolute Gasteiger partial charge is 0.339 e. The van der Waals surface area contributed by atoms with Crippen LogP contribution in [0.2, 0.25) is 5.02 Å². The van der Waals surface area contributed by atoms with E-state index in [1.807, 2.05) is 0 Å². The molecule has 156 valence electrons. The van der Waals surface area contributed by atoms with Gasteiger partial charge in [0.15, 0.2) is 5.78 Å². The first-order valence-electron chi connectivity index (χ1n) is 8.64. The normalized spacial score (nSPS) is 10.9. The Morgan fingerprint density at radius 1 is 1.03 bits per heavy atom. The van der Waals surface area contributed by atoms with Gasteiger partial charge in [-0.15, -0.1) is 0 Å². The molecule has 2 aromatic rings. The van der Waals surface area contributed by atoms with Gasteiger partial charge in [0.1, 0.15) is 11.3 Å². The number of amides is 2. The van der Waals surface area contributed by atoms with Crippen molar-refractivity contribution in [2.75, 3.05) is 17.7 Å². The number of carbonyl (C=O) groups excluding carboxylic acids is 3. The number of ether oxygens (including phenoxy) is 1. The monoisotopic (exact) mass is 430 g/mol. The van der Waals surface area contributed by atoms with Gasteiger partial charge in [-0.3, -0.25) is 14.4 Å². The summed E-state index contributed by atoms with van der Waals surface area (Å²) in [5, 5.41) is 14.3. The molecule has 3 N–H and O–H groups in total. The van der Waals surface area contributed by atoms with E-state index in [9.17, 15) is 19.2 Å². The standard InChI is InChI=1S/C21H19ClN2O6/c1-11(8-19(26)23-14-6-4-13(5-7-14)12(2)25)20(27)24-17-10-18(30-3)15(21(28)29)9-16(17)22/h4-10H,1-3H3,(H,23,26)(H,24,27)(H,28,29)/b11-8+. The van der Waals surface area contributed by atoms with E-state index in [1.165, 1.54) is 27.0 Å². The van der Waals surface area contributed by atoms with Gasteiger partial charge >= 0.3 is 5.97 Å². The third-order valence-corrected chi connectivity index (χ3v) is 4.35. The Hall–Kier alpha value is -3.65. The Morgan fingerprint density at radius 2 is 1.67 bits per heavy atom. The number of carbonyl (C=O) groups is 4. The van der Waals surface area contributed by atoms with Crippen LogP contribution in [0.1, 0.15) is 34.6 Å². The number of rotatable bonds is 7. The zero-order chi connectivity index (χ0) is 22.4. The number of halogens is 1. The summed E-state index contributed by atoms with van der Waals surface area (Å²) in [6.45, 7) is 2.87. The van der Waals surface area contributed by atoms with Crippen LogP contribution in [0.3, 0.4) is 0 Å². The van der Waals surface area contributed by atoms with Crippen molar-refractivity contribution in [2.45, 2.75) is 13.8 Å². The van der Waals surface area contributed by atoms with Crippen molar-refractivity contribution in [3.8, 4) is 5.75 Å². The van der Waals surface area contributed by atoms with E-state index in [0.29, 0.717) is 11.3 Å². The van der Waals surface area contributed by atoms with Gasteiger partial charge in [-0.25, -0.2) is 4.79 Å². The fourth-order valence-electron chi connectivity index (χ4n) is 2.43. The molecule has 0 heterocycles. The van der Waals surface area contributed by atoms with Crippen molar-refractivity contribution < 1.29 is 29.0 Å². The minimum Gasteiger partial charge on any atom is -0.496 e. The molecule has 0 spiro atoms. The van der Waals surface area contributed by atoms with E-state index in [1.54, 1.807) is 24.3 Å². The third-order valence-electron chi connectivity index (χ3n) is 4.03. The van der Waals surface area contributed by atoms with Crippen molar-refractivity contribution >= 4 is 46.5 Å². The number of Topliss-reactive ketones (excluding diaryl/α,β-unsaturated/α-hetero) is 1. The molecule has 8 nitrogen and oxygen atoms in total. The van der Waals surface area contributed by atoms with Crippen LogP contribution in [0, 0.1) is 0 Å². The molecule has 0 fully saturated rings. The number of carboxylic acid groups (broad SMARTS) is 1. The fraction of sp³-hybridized carbons (Fsp3) is 0.143. The lowest BCUT2D eigenvalue weighted by molar-refractivity contribution is -0.114. The van der Waals surface area contributed by atoms with Crippen molar-refractivity contribution in [3.05, 3.63) is 64.2 Å². The lowest BCUT2D eigenvalue weighted by Crippen LogP contribution is -2.16. The Morgan fingerprint density at radius 3 is 2.20 bits per heavy atom. The zero-order valence-corrected chi connectivity index (χ0v) is 17.2. The first-order chi connectivity index (χ1) is 14.1. The molecule has 0 saturated heterocycles. The summed E-state index contributed by atoms with van der Waals surface area (Å²) in [6.07, 6.45) is 1.10. The van der Waals surface area contributed by atoms with Gasteiger partial charge in [0.2, 0.25) is 5.91 Å². The highest BCUT2D eigenvalue weighted by Crippen LogP contribution is 2.31. The van der Waals surface area contributed by atoms with Gasteiger partial charge in [-0.05, 0) is 44.2 Å². The summed E-state index contributed by atoms with van der Waals surface area (Å²) in [6, 6.07) is 8.76. The number of carboxylic acids is 1. The first-order valence-corrected chi connectivity index (χ1v) is 9.02. The van der Waals surface area contributed by atoms with Gasteiger partial charge in [0.05, 0.1) is 17.8 Å². The van der Waals surface area contributed by atoms with E-state index < -0.39 is 17.8 Å². The summed E-state index contributed by atoms with van der Waals surface area (Å²) < 4.78 is 5.01. The maximum atomic E-state index is 12.4. The van der Waals surface area contributed by atoms with Crippen molar-refractivity contribution in [3.63, 3.8) is 0 Å². The largest absolute Gasteiger partial charge is 0.496 e. The maximum Gasteiger partial charge on any atom is 0.339 e. The number of benzene rings is 2. The molecule has 0 radical (unpaired) electrons. The molecule has 0 atom stereocenters. The van der Waals surface area contributed by atoms with E-state index in [-0.39, 0.29) is 33.4 Å². The van der Waals surface area contributed by atoms with Crippen molar-refractivity contribution in [1.29, 1.82) is 0 Å². The summed E-state index contributed by atoms with van der Waals surface area (Å²) in [7, 11) is 1.29. The molecule has 2 rings (SSSR count). The predicted octanol–water partition coefficient (Wildman–Crippen LogP) is 3.77. The highest BCUT2D eigenvalue weighted by Gasteiger charge is 2.17. The number of methoxy groups -OCH3 is 1. The topological polar surface area (TPSA) is 122 Å². The highest BCUT2D eigenvalue weighted by atomic mass is 35.5. The second kappa shape index (κ2) is 9.71. The molecule has 2 aromatic carbocycles. The number of aromatic carboxylic acids is 1. The third kappa shape index (κ3) is 5.68. The quantitative estimate of drug-likeness (QED) is 0.454. The minimum atomic E-state index is -1.23. The average molecular weight is 431 g/mol. The van der Waals surface area contributed by atoms with E-state index in [0.717, 1.165) is 12.1 Å². The van der Waals surface area contributed by atoms with Gasteiger partial charge in [0, 0.05) is 29.0 Å². The van der Waals surface area contributed by atoms with Crippen LogP contribution in [0.25, 0.3) is 0 Å². The van der Waals surface area contributed by atoms with Crippen LogP contribution in [0.4, 0.5) is 11.4 Å². The number of hydrogen-bond donors (Lipinski definition) is 3. The number of nitrogens with one attached hydrogen (secondary N) is 2. The molecular weight excluding hydrogens is 412 g/mol. The maximum absolute atomic E-state index is 12.4. The lowest BCUT2D eigenvalue weighted by Gasteiger charge is -2.12. The molecule has 0 aromatic heterocycles. The lowest BCUT2D eigenvalue weighted by atomic mass is 10.1. The molecule has 30 heavy (non-hydrogen) atoms. The van der Waals surface area contributed by atoms with Gasteiger partial charge in [-0.2, -0.15) is 0 Å². The molecule has 0 aliphatic heterocycles. The Labute approximate surface area is 177 Å². The molecule has 0 bridgehead atoms. The Bertz CT molecular complexity index is 1040. The summed E-state index contributed by atoms with van der Waals surface area (Å²) in [4.78, 5) is 47.0. The number of hydrogen-bond acceptors (Lipinski definition) is 5. The number of ketones is 1. The van der Waals surface area contributed by atoms with Crippen LogP contribution in [-0.2, 0) is 9.59 Å². The molecular formula is C21H19ClN2O6. The van der Waals surface area contributed by atoms with Crippen LogP contribution in [0.15, 0.2) is 48.0 Å². The molecule has 0 aliphatic carbocycles. The van der Waals surface area contributed by atoms with Crippen LogP contribution >= 0.6 is 11.6 Å². The zero-order valence-electron chi connectivity index (χ0n) is 16.4.